The van der Waals surface area contributed by atoms with E-state index in [0.717, 1.165) is 26.2 Å². The van der Waals surface area contributed by atoms with Crippen molar-refractivity contribution in [3.63, 3.8) is 0 Å². The van der Waals surface area contributed by atoms with Gasteiger partial charge in [0.1, 0.15) is 5.57 Å². The van der Waals surface area contributed by atoms with Crippen molar-refractivity contribution in [1.29, 1.82) is 0 Å². The van der Waals surface area contributed by atoms with Crippen molar-refractivity contribution in [3.8, 4) is 0 Å². The molecule has 0 aromatic heterocycles. The molecule has 2 rings (SSSR count). The summed E-state index contributed by atoms with van der Waals surface area (Å²) in [5.74, 6) is -0.795. The molecule has 0 spiro atoms. The van der Waals surface area contributed by atoms with E-state index in [2.05, 4.69) is 16.8 Å². The summed E-state index contributed by atoms with van der Waals surface area (Å²) < 4.78 is 0. The second kappa shape index (κ2) is 6.15. The molecule has 0 radical (unpaired) electrons. The number of piperazine rings is 1. The van der Waals surface area contributed by atoms with Crippen LogP contribution in [0.15, 0.2) is 24.4 Å². The lowest BCUT2D eigenvalue weighted by molar-refractivity contribution is -0.128. The first-order chi connectivity index (χ1) is 9.52. The molecule has 0 aromatic carbocycles. The third-order valence-electron chi connectivity index (χ3n) is 3.35. The normalized spacial score (nSPS) is 23.2. The van der Waals surface area contributed by atoms with E-state index in [4.69, 9.17) is 12.2 Å². The predicted octanol–water partition coefficient (Wildman–Crippen LogP) is -0.453. The van der Waals surface area contributed by atoms with Crippen LogP contribution in [-0.2, 0) is 9.59 Å². The van der Waals surface area contributed by atoms with Crippen molar-refractivity contribution in [3.05, 3.63) is 24.4 Å². The van der Waals surface area contributed by atoms with Crippen LogP contribution in [0.5, 0.6) is 0 Å². The van der Waals surface area contributed by atoms with Gasteiger partial charge in [-0.2, -0.15) is 0 Å². The van der Waals surface area contributed by atoms with E-state index in [1.807, 2.05) is 11.9 Å². The van der Waals surface area contributed by atoms with E-state index in [9.17, 15) is 9.59 Å². The molecule has 108 valence electrons. The first-order valence-corrected chi connectivity index (χ1v) is 6.86. The smallest absolute Gasteiger partial charge is 0.267 e. The molecule has 0 aromatic rings. The lowest BCUT2D eigenvalue weighted by atomic mass is 10.2. The fourth-order valence-electron chi connectivity index (χ4n) is 2.11. The van der Waals surface area contributed by atoms with Crippen LogP contribution in [0, 0.1) is 0 Å². The van der Waals surface area contributed by atoms with Gasteiger partial charge in [-0.25, -0.2) is 0 Å². The van der Waals surface area contributed by atoms with Crippen LogP contribution in [0.4, 0.5) is 0 Å². The maximum Gasteiger partial charge on any atom is 0.267 e. The molecule has 2 aliphatic heterocycles. The zero-order valence-corrected chi connectivity index (χ0v) is 12.3. The Bertz CT molecular complexity index is 481. The van der Waals surface area contributed by atoms with Gasteiger partial charge in [0.2, 0.25) is 0 Å². The molecule has 0 atom stereocenters. The summed E-state index contributed by atoms with van der Waals surface area (Å²) in [6, 6.07) is 0. The standard InChI is InChI=1S/C13H18N4O2S/c1-3-4-17-12(19)10(11(18)14-13(17)20)9-16-7-5-15(2)6-8-16/h3,9H,1,4-8H2,2H3,(H,14,18,20)/b10-9-. The summed E-state index contributed by atoms with van der Waals surface area (Å²) in [5.41, 5.74) is 0.130. The SMILES string of the molecule is C=CCN1C(=O)/C(=C\N2CCN(C)CC2)C(=O)NC1=S. The fraction of sp³-hybridized carbons (Fsp3) is 0.462. The van der Waals surface area contributed by atoms with Gasteiger partial charge in [0.05, 0.1) is 0 Å². The molecule has 2 heterocycles. The zero-order chi connectivity index (χ0) is 14.7. The van der Waals surface area contributed by atoms with Crippen LogP contribution >= 0.6 is 12.2 Å². The lowest BCUT2D eigenvalue weighted by Crippen LogP contribution is -2.54. The monoisotopic (exact) mass is 294 g/mol. The van der Waals surface area contributed by atoms with Gasteiger partial charge in [0.25, 0.3) is 11.8 Å². The summed E-state index contributed by atoms with van der Waals surface area (Å²) in [6.07, 6.45) is 3.22. The van der Waals surface area contributed by atoms with E-state index in [-0.39, 0.29) is 23.1 Å². The Morgan fingerprint density at radius 2 is 1.95 bits per heavy atom. The Balaban J connectivity index is 2.16. The highest BCUT2D eigenvalue weighted by molar-refractivity contribution is 7.80. The summed E-state index contributed by atoms with van der Waals surface area (Å²) in [6.45, 7) is 7.30. The first-order valence-electron chi connectivity index (χ1n) is 6.45. The fourth-order valence-corrected chi connectivity index (χ4v) is 2.36. The Morgan fingerprint density at radius 3 is 2.55 bits per heavy atom. The third kappa shape index (κ3) is 3.05. The number of thiocarbonyl (C=S) groups is 1. The quantitative estimate of drug-likeness (QED) is 0.331. The molecule has 0 unspecified atom stereocenters. The molecule has 7 heteroatoms. The summed E-state index contributed by atoms with van der Waals surface area (Å²) in [4.78, 5) is 29.8. The zero-order valence-electron chi connectivity index (χ0n) is 11.5. The van der Waals surface area contributed by atoms with Gasteiger partial charge in [-0.3, -0.25) is 19.8 Å². The number of nitrogens with zero attached hydrogens (tertiary/aromatic N) is 3. The second-order valence-corrected chi connectivity index (χ2v) is 5.23. The van der Waals surface area contributed by atoms with Gasteiger partial charge in [0, 0.05) is 38.9 Å². The predicted molar refractivity (Wildman–Crippen MR) is 79.8 cm³/mol. The van der Waals surface area contributed by atoms with Crippen molar-refractivity contribution < 1.29 is 9.59 Å². The van der Waals surface area contributed by atoms with Crippen LogP contribution in [-0.4, -0.2) is 71.4 Å². The Hall–Kier alpha value is -1.73. The Morgan fingerprint density at radius 1 is 1.30 bits per heavy atom. The second-order valence-electron chi connectivity index (χ2n) is 4.85. The summed E-state index contributed by atoms with van der Waals surface area (Å²) >= 11 is 5.00. The molecule has 2 amide bonds. The molecular weight excluding hydrogens is 276 g/mol. The molecule has 2 fully saturated rings. The number of amides is 2. The minimum atomic E-state index is -0.431. The number of nitrogens with one attached hydrogen (secondary N) is 1. The Labute approximate surface area is 123 Å². The molecule has 1 N–H and O–H groups in total. The topological polar surface area (TPSA) is 55.9 Å². The van der Waals surface area contributed by atoms with Gasteiger partial charge in [-0.15, -0.1) is 6.58 Å². The van der Waals surface area contributed by atoms with Crippen LogP contribution < -0.4 is 5.32 Å². The molecule has 0 aliphatic carbocycles. The van der Waals surface area contributed by atoms with Gasteiger partial charge < -0.3 is 9.80 Å². The minimum Gasteiger partial charge on any atom is -0.374 e. The number of likely N-dealkylation sites (N-methyl/N-ethyl adjacent to an activating group) is 1. The number of carbonyl (C=O) groups excluding carboxylic acids is 2. The maximum absolute atomic E-state index is 12.3. The maximum atomic E-state index is 12.3. The molecule has 0 bridgehead atoms. The molecule has 2 saturated heterocycles. The van der Waals surface area contributed by atoms with Crippen LogP contribution in [0.3, 0.4) is 0 Å². The highest BCUT2D eigenvalue weighted by Gasteiger charge is 2.33. The van der Waals surface area contributed by atoms with E-state index >= 15 is 0 Å². The lowest BCUT2D eigenvalue weighted by Gasteiger charge is -2.33. The number of hydrogen-bond donors (Lipinski definition) is 1. The van der Waals surface area contributed by atoms with Gasteiger partial charge in [-0.05, 0) is 19.3 Å². The van der Waals surface area contributed by atoms with Gasteiger partial charge in [0.15, 0.2) is 5.11 Å². The van der Waals surface area contributed by atoms with Crippen molar-refractivity contribution in [2.45, 2.75) is 0 Å². The molecule has 2 aliphatic rings. The van der Waals surface area contributed by atoms with Crippen LogP contribution in [0.2, 0.25) is 0 Å². The average Bonchev–Trinajstić information content (AvgIpc) is 2.41. The third-order valence-corrected chi connectivity index (χ3v) is 3.67. The number of rotatable bonds is 3. The molecule has 0 saturated carbocycles. The minimum absolute atomic E-state index is 0.130. The van der Waals surface area contributed by atoms with E-state index in [1.165, 1.54) is 4.90 Å². The van der Waals surface area contributed by atoms with Gasteiger partial charge >= 0.3 is 0 Å². The van der Waals surface area contributed by atoms with Crippen molar-refractivity contribution in [2.24, 2.45) is 0 Å². The molecule has 20 heavy (non-hydrogen) atoms. The van der Waals surface area contributed by atoms with Crippen molar-refractivity contribution in [1.82, 2.24) is 20.0 Å². The van der Waals surface area contributed by atoms with E-state index < -0.39 is 5.91 Å². The molecule has 6 nitrogen and oxygen atoms in total. The molecular formula is C13H18N4O2S. The Kier molecular flexibility index (Phi) is 4.51. The van der Waals surface area contributed by atoms with E-state index in [1.54, 1.807) is 12.3 Å². The van der Waals surface area contributed by atoms with E-state index in [0.29, 0.717) is 0 Å². The highest BCUT2D eigenvalue weighted by Crippen LogP contribution is 2.12. The summed E-state index contributed by atoms with van der Waals surface area (Å²) in [5, 5.41) is 2.67. The van der Waals surface area contributed by atoms with Gasteiger partial charge in [-0.1, -0.05) is 6.08 Å². The van der Waals surface area contributed by atoms with Crippen molar-refractivity contribution >= 4 is 29.1 Å². The van der Waals surface area contributed by atoms with Crippen molar-refractivity contribution in [2.75, 3.05) is 39.8 Å². The van der Waals surface area contributed by atoms with Crippen LogP contribution in [0.25, 0.3) is 0 Å². The highest BCUT2D eigenvalue weighted by atomic mass is 32.1. The average molecular weight is 294 g/mol. The number of hydrogen-bond acceptors (Lipinski definition) is 5. The summed E-state index contributed by atoms with van der Waals surface area (Å²) in [7, 11) is 2.05. The largest absolute Gasteiger partial charge is 0.374 e. The van der Waals surface area contributed by atoms with Crippen LogP contribution in [0.1, 0.15) is 0 Å². The number of carbonyl (C=O) groups is 2. The first kappa shape index (κ1) is 14.7.